The minimum atomic E-state index is -0.226. The van der Waals surface area contributed by atoms with Crippen molar-refractivity contribution in [2.24, 2.45) is 0 Å². The van der Waals surface area contributed by atoms with Gasteiger partial charge in [0, 0.05) is 23.2 Å². The fourth-order valence-electron chi connectivity index (χ4n) is 4.09. The highest BCUT2D eigenvalue weighted by molar-refractivity contribution is 7.15. The SMILES string of the molecule is Fc1ccc(-c2nc(C3CCNCC3)sc2-c2ncncc2C2CCC2)cc1. The Morgan fingerprint density at radius 1 is 0.964 bits per heavy atom. The molecule has 0 radical (unpaired) electrons. The van der Waals surface area contributed by atoms with Crippen LogP contribution in [0.2, 0.25) is 0 Å². The lowest BCUT2D eigenvalue weighted by atomic mass is 9.79. The van der Waals surface area contributed by atoms with Gasteiger partial charge in [0.1, 0.15) is 12.1 Å². The molecule has 0 amide bonds. The van der Waals surface area contributed by atoms with Gasteiger partial charge in [0.2, 0.25) is 0 Å². The number of hydrogen-bond acceptors (Lipinski definition) is 5. The highest BCUT2D eigenvalue weighted by atomic mass is 32.1. The summed E-state index contributed by atoms with van der Waals surface area (Å²) in [5.74, 6) is 0.797. The number of thiazole rings is 1. The van der Waals surface area contributed by atoms with Gasteiger partial charge in [-0.3, -0.25) is 0 Å². The molecule has 4 nitrogen and oxygen atoms in total. The zero-order valence-corrected chi connectivity index (χ0v) is 16.5. The van der Waals surface area contributed by atoms with E-state index in [0.29, 0.717) is 11.8 Å². The van der Waals surface area contributed by atoms with Crippen molar-refractivity contribution >= 4 is 11.3 Å². The van der Waals surface area contributed by atoms with Gasteiger partial charge >= 0.3 is 0 Å². The summed E-state index contributed by atoms with van der Waals surface area (Å²) in [6.45, 7) is 2.07. The smallest absolute Gasteiger partial charge is 0.123 e. The summed E-state index contributed by atoms with van der Waals surface area (Å²) in [7, 11) is 0. The standard InChI is InChI=1S/C22H23FN4S/c23-17-6-4-15(5-7-17)19-21(28-22(27-19)16-8-10-24-11-9-16)20-18(12-25-13-26-20)14-2-1-3-14/h4-7,12-14,16,24H,1-3,8-11H2. The van der Waals surface area contributed by atoms with E-state index in [0.717, 1.165) is 47.8 Å². The highest BCUT2D eigenvalue weighted by Crippen LogP contribution is 2.45. The number of aromatic nitrogens is 3. The number of nitrogens with zero attached hydrogens (tertiary/aromatic N) is 3. The lowest BCUT2D eigenvalue weighted by Crippen LogP contribution is -2.26. The molecule has 1 aliphatic heterocycles. The quantitative estimate of drug-likeness (QED) is 0.666. The molecule has 6 heteroatoms. The largest absolute Gasteiger partial charge is 0.317 e. The van der Waals surface area contributed by atoms with E-state index in [1.54, 1.807) is 17.7 Å². The number of rotatable bonds is 4. The zero-order chi connectivity index (χ0) is 18.9. The Kier molecular flexibility index (Phi) is 4.91. The second-order valence-electron chi connectivity index (χ2n) is 7.72. The fourth-order valence-corrected chi connectivity index (χ4v) is 5.37. The molecule has 2 aromatic heterocycles. The van der Waals surface area contributed by atoms with Gasteiger partial charge in [-0.2, -0.15) is 0 Å². The van der Waals surface area contributed by atoms with Crippen LogP contribution >= 0.6 is 11.3 Å². The second kappa shape index (κ2) is 7.68. The first kappa shape index (κ1) is 17.9. The summed E-state index contributed by atoms with van der Waals surface area (Å²) in [4.78, 5) is 15.2. The van der Waals surface area contributed by atoms with Gasteiger partial charge in [-0.1, -0.05) is 6.42 Å². The molecule has 0 atom stereocenters. The molecule has 1 saturated heterocycles. The van der Waals surface area contributed by atoms with Crippen molar-refractivity contribution in [1.29, 1.82) is 0 Å². The molecular formula is C22H23FN4S. The van der Waals surface area contributed by atoms with Gasteiger partial charge in [-0.15, -0.1) is 11.3 Å². The third-order valence-corrected chi connectivity index (χ3v) is 7.17. The molecule has 3 heterocycles. The Labute approximate surface area is 168 Å². The second-order valence-corrected chi connectivity index (χ2v) is 8.75. The first-order valence-electron chi connectivity index (χ1n) is 10.1. The van der Waals surface area contributed by atoms with E-state index < -0.39 is 0 Å². The van der Waals surface area contributed by atoms with Crippen molar-refractivity contribution < 1.29 is 4.39 Å². The van der Waals surface area contributed by atoms with Crippen LogP contribution in [0, 0.1) is 5.82 Å². The van der Waals surface area contributed by atoms with Crippen molar-refractivity contribution in [3.05, 3.63) is 53.2 Å². The number of halogens is 1. The van der Waals surface area contributed by atoms with Crippen LogP contribution in [0.4, 0.5) is 4.39 Å². The van der Waals surface area contributed by atoms with Gasteiger partial charge < -0.3 is 5.32 Å². The minimum absolute atomic E-state index is 0.226. The predicted molar refractivity (Wildman–Crippen MR) is 110 cm³/mol. The third-order valence-electron chi connectivity index (χ3n) is 5.95. The van der Waals surface area contributed by atoms with Crippen LogP contribution in [0.5, 0.6) is 0 Å². The molecule has 0 unspecified atom stereocenters. The molecule has 0 spiro atoms. The molecule has 2 fully saturated rings. The highest BCUT2D eigenvalue weighted by Gasteiger charge is 2.28. The van der Waals surface area contributed by atoms with Crippen LogP contribution < -0.4 is 5.32 Å². The van der Waals surface area contributed by atoms with Crippen molar-refractivity contribution in [2.75, 3.05) is 13.1 Å². The van der Waals surface area contributed by atoms with Gasteiger partial charge in [0.05, 0.1) is 21.3 Å². The molecule has 1 N–H and O–H groups in total. The topological polar surface area (TPSA) is 50.7 Å². The summed E-state index contributed by atoms with van der Waals surface area (Å²) in [5.41, 5.74) is 4.12. The van der Waals surface area contributed by atoms with E-state index in [4.69, 9.17) is 4.98 Å². The third kappa shape index (κ3) is 3.35. The number of benzene rings is 1. The van der Waals surface area contributed by atoms with Crippen molar-refractivity contribution in [3.63, 3.8) is 0 Å². The summed E-state index contributed by atoms with van der Waals surface area (Å²) in [6, 6.07) is 6.67. The summed E-state index contributed by atoms with van der Waals surface area (Å²) in [5, 5.41) is 4.60. The zero-order valence-electron chi connectivity index (χ0n) is 15.7. The average molecular weight is 395 g/mol. The van der Waals surface area contributed by atoms with E-state index in [9.17, 15) is 4.39 Å². The summed E-state index contributed by atoms with van der Waals surface area (Å²) in [6.07, 6.45) is 9.50. The van der Waals surface area contributed by atoms with Crippen LogP contribution in [-0.4, -0.2) is 28.0 Å². The molecule has 1 aromatic carbocycles. The summed E-state index contributed by atoms with van der Waals surface area (Å²) < 4.78 is 13.5. The molecule has 144 valence electrons. The molecule has 2 aliphatic rings. The van der Waals surface area contributed by atoms with E-state index in [1.807, 2.05) is 18.3 Å². The van der Waals surface area contributed by atoms with Crippen LogP contribution in [0.1, 0.15) is 54.5 Å². The van der Waals surface area contributed by atoms with Gasteiger partial charge in [0.15, 0.2) is 0 Å². The first-order chi connectivity index (χ1) is 13.8. The number of hydrogen-bond donors (Lipinski definition) is 1. The van der Waals surface area contributed by atoms with Crippen molar-refractivity contribution in [1.82, 2.24) is 20.3 Å². The molecule has 0 bridgehead atoms. The monoisotopic (exact) mass is 394 g/mol. The molecule has 3 aromatic rings. The van der Waals surface area contributed by atoms with E-state index in [-0.39, 0.29) is 5.82 Å². The van der Waals surface area contributed by atoms with Crippen LogP contribution in [0.25, 0.3) is 21.8 Å². The molecule has 1 saturated carbocycles. The van der Waals surface area contributed by atoms with Gasteiger partial charge in [0.25, 0.3) is 0 Å². The molecule has 28 heavy (non-hydrogen) atoms. The maximum atomic E-state index is 13.5. The number of nitrogens with one attached hydrogen (secondary N) is 1. The van der Waals surface area contributed by atoms with Gasteiger partial charge in [-0.05, 0) is 69.0 Å². The maximum absolute atomic E-state index is 13.5. The normalized spacial score (nSPS) is 18.2. The minimum Gasteiger partial charge on any atom is -0.317 e. The Hall–Kier alpha value is -2.18. The van der Waals surface area contributed by atoms with Crippen molar-refractivity contribution in [3.8, 4) is 21.8 Å². The Balaban J connectivity index is 1.63. The Morgan fingerprint density at radius 3 is 2.46 bits per heavy atom. The first-order valence-corrected chi connectivity index (χ1v) is 10.9. The number of piperidine rings is 1. The lowest BCUT2D eigenvalue weighted by Gasteiger charge is -2.26. The Morgan fingerprint density at radius 2 is 1.75 bits per heavy atom. The summed E-state index contributed by atoms with van der Waals surface area (Å²) >= 11 is 1.76. The molecule has 5 rings (SSSR count). The van der Waals surface area contributed by atoms with E-state index in [2.05, 4.69) is 15.3 Å². The maximum Gasteiger partial charge on any atom is 0.123 e. The van der Waals surface area contributed by atoms with Crippen molar-refractivity contribution in [2.45, 2.75) is 43.9 Å². The van der Waals surface area contributed by atoms with E-state index >= 15 is 0 Å². The molecular weight excluding hydrogens is 371 g/mol. The van der Waals surface area contributed by atoms with Crippen LogP contribution in [-0.2, 0) is 0 Å². The lowest BCUT2D eigenvalue weighted by molar-refractivity contribution is 0.419. The van der Waals surface area contributed by atoms with E-state index in [1.165, 1.54) is 42.0 Å². The van der Waals surface area contributed by atoms with Crippen LogP contribution in [0.15, 0.2) is 36.8 Å². The molecule has 1 aliphatic carbocycles. The Bertz CT molecular complexity index is 959. The van der Waals surface area contributed by atoms with Crippen LogP contribution in [0.3, 0.4) is 0 Å². The van der Waals surface area contributed by atoms with Gasteiger partial charge in [-0.25, -0.2) is 19.3 Å². The average Bonchev–Trinajstić information content (AvgIpc) is 3.14. The fraction of sp³-hybridized carbons (Fsp3) is 0.409. The predicted octanol–water partition coefficient (Wildman–Crippen LogP) is 5.14.